The minimum absolute atomic E-state index is 0.0679. The molecule has 1 atom stereocenters. The number of piperidine rings is 1. The van der Waals surface area contributed by atoms with E-state index in [9.17, 15) is 9.59 Å². The van der Waals surface area contributed by atoms with Crippen LogP contribution in [0.3, 0.4) is 0 Å². The molecule has 1 aromatic heterocycles. The maximum atomic E-state index is 12.8. The number of nitriles is 1. The maximum absolute atomic E-state index is 12.8. The third-order valence-electron chi connectivity index (χ3n) is 5.17. The van der Waals surface area contributed by atoms with Crippen molar-refractivity contribution in [2.24, 2.45) is 5.73 Å². The van der Waals surface area contributed by atoms with E-state index in [-0.39, 0.29) is 11.8 Å². The number of amides is 2. The number of primary amides is 1. The van der Waals surface area contributed by atoms with Gasteiger partial charge in [-0.2, -0.15) is 10.2 Å². The molecule has 8 heteroatoms. The van der Waals surface area contributed by atoms with Crippen molar-refractivity contribution in [1.29, 1.82) is 5.26 Å². The summed E-state index contributed by atoms with van der Waals surface area (Å²) in [7, 11) is 0. The van der Waals surface area contributed by atoms with Gasteiger partial charge in [-0.15, -0.1) is 0 Å². The molecular weight excluding hydrogens is 382 g/mol. The molecule has 1 fully saturated rings. The molecule has 150 valence electrons. The van der Waals surface area contributed by atoms with E-state index in [4.69, 9.17) is 15.5 Å². The van der Waals surface area contributed by atoms with E-state index < -0.39 is 5.91 Å². The minimum Gasteiger partial charge on any atom is -0.366 e. The summed E-state index contributed by atoms with van der Waals surface area (Å²) in [5.41, 5.74) is 7.41. The first-order valence-corrected chi connectivity index (χ1v) is 9.58. The number of carbonyl (C=O) groups is 2. The molecule has 3 aromatic rings. The number of nitrogens with two attached hydrogens (primary N) is 1. The number of aromatic nitrogens is 2. The summed E-state index contributed by atoms with van der Waals surface area (Å²) in [6, 6.07) is 15.4. The fourth-order valence-corrected chi connectivity index (χ4v) is 3.56. The molecule has 1 aliphatic heterocycles. The summed E-state index contributed by atoms with van der Waals surface area (Å²) in [5, 5.41) is 12.9. The Balaban J connectivity index is 1.50. The summed E-state index contributed by atoms with van der Waals surface area (Å²) in [5.74, 6) is 0.167. The zero-order valence-electron chi connectivity index (χ0n) is 16.1. The molecule has 8 nitrogen and oxygen atoms in total. The highest BCUT2D eigenvalue weighted by atomic mass is 16.5. The van der Waals surface area contributed by atoms with E-state index >= 15 is 0 Å². The average molecular weight is 401 g/mol. The van der Waals surface area contributed by atoms with Gasteiger partial charge in [-0.1, -0.05) is 17.3 Å². The van der Waals surface area contributed by atoms with Crippen LogP contribution >= 0.6 is 0 Å². The third kappa shape index (κ3) is 3.91. The largest absolute Gasteiger partial charge is 0.366 e. The molecule has 0 spiro atoms. The highest BCUT2D eigenvalue weighted by Gasteiger charge is 2.29. The molecule has 0 aliphatic carbocycles. The molecule has 2 amide bonds. The van der Waals surface area contributed by atoms with Gasteiger partial charge in [0.05, 0.1) is 17.6 Å². The monoisotopic (exact) mass is 401 g/mol. The number of benzene rings is 2. The Morgan fingerprint density at radius 2 is 1.97 bits per heavy atom. The van der Waals surface area contributed by atoms with Crippen molar-refractivity contribution in [1.82, 2.24) is 15.0 Å². The van der Waals surface area contributed by atoms with E-state index in [2.05, 4.69) is 10.1 Å². The topological polar surface area (TPSA) is 126 Å². The summed E-state index contributed by atoms with van der Waals surface area (Å²) in [6.45, 7) is 1.12. The van der Waals surface area contributed by atoms with Crippen LogP contribution in [0.15, 0.2) is 53.1 Å². The van der Waals surface area contributed by atoms with Gasteiger partial charge in [0.2, 0.25) is 17.6 Å². The fraction of sp³-hybridized carbons (Fsp3) is 0.227. The Morgan fingerprint density at radius 3 is 2.70 bits per heavy atom. The van der Waals surface area contributed by atoms with Crippen molar-refractivity contribution >= 4 is 11.8 Å². The van der Waals surface area contributed by atoms with Gasteiger partial charge in [-0.3, -0.25) is 9.59 Å². The molecule has 0 radical (unpaired) electrons. The van der Waals surface area contributed by atoms with Gasteiger partial charge in [0.15, 0.2) is 0 Å². The smallest absolute Gasteiger partial charge is 0.253 e. The Bertz CT molecular complexity index is 1130. The van der Waals surface area contributed by atoms with Crippen LogP contribution in [0.4, 0.5) is 0 Å². The van der Waals surface area contributed by atoms with Crippen LogP contribution in [0, 0.1) is 11.3 Å². The molecule has 0 saturated carbocycles. The number of likely N-dealkylation sites (tertiary alicyclic amines) is 1. The van der Waals surface area contributed by atoms with Gasteiger partial charge >= 0.3 is 0 Å². The van der Waals surface area contributed by atoms with Crippen LogP contribution in [-0.4, -0.2) is 39.9 Å². The highest BCUT2D eigenvalue weighted by molar-refractivity contribution is 5.94. The summed E-state index contributed by atoms with van der Waals surface area (Å²) in [6.07, 6.45) is 1.65. The lowest BCUT2D eigenvalue weighted by Crippen LogP contribution is -2.39. The number of nitrogens with zero attached hydrogens (tertiary/aromatic N) is 4. The van der Waals surface area contributed by atoms with Crippen molar-refractivity contribution in [2.75, 3.05) is 13.1 Å². The average Bonchev–Trinajstić information content (AvgIpc) is 3.29. The lowest BCUT2D eigenvalue weighted by Gasteiger charge is -2.31. The summed E-state index contributed by atoms with van der Waals surface area (Å²) in [4.78, 5) is 30.5. The van der Waals surface area contributed by atoms with Crippen molar-refractivity contribution in [2.45, 2.75) is 18.8 Å². The molecule has 1 saturated heterocycles. The molecule has 1 unspecified atom stereocenters. The first-order chi connectivity index (χ1) is 14.5. The van der Waals surface area contributed by atoms with Gasteiger partial charge < -0.3 is 15.2 Å². The first-order valence-electron chi connectivity index (χ1n) is 9.58. The van der Waals surface area contributed by atoms with Crippen LogP contribution in [-0.2, 0) is 0 Å². The molecule has 4 rings (SSSR count). The molecule has 2 N–H and O–H groups in total. The fourth-order valence-electron chi connectivity index (χ4n) is 3.56. The van der Waals surface area contributed by atoms with Crippen molar-refractivity contribution in [3.05, 3.63) is 71.1 Å². The Labute approximate surface area is 172 Å². The number of hydrogen-bond donors (Lipinski definition) is 1. The van der Waals surface area contributed by atoms with Crippen LogP contribution in [0.5, 0.6) is 0 Å². The van der Waals surface area contributed by atoms with Gasteiger partial charge in [0.1, 0.15) is 0 Å². The molecule has 0 bridgehead atoms. The number of carbonyl (C=O) groups excluding carboxylic acids is 2. The third-order valence-corrected chi connectivity index (χ3v) is 5.17. The SMILES string of the molecule is N#Cc1ccc(C(=O)N2CCCC(c3nc(-c4cccc(C(N)=O)c4)no3)C2)cc1. The van der Waals surface area contributed by atoms with Crippen LogP contribution in [0.25, 0.3) is 11.4 Å². The number of hydrogen-bond acceptors (Lipinski definition) is 6. The predicted molar refractivity (Wildman–Crippen MR) is 107 cm³/mol. The maximum Gasteiger partial charge on any atom is 0.253 e. The van der Waals surface area contributed by atoms with Crippen LogP contribution < -0.4 is 5.73 Å². The van der Waals surface area contributed by atoms with E-state index in [1.807, 2.05) is 6.07 Å². The van der Waals surface area contributed by atoms with E-state index in [1.54, 1.807) is 53.4 Å². The van der Waals surface area contributed by atoms with Crippen molar-refractivity contribution in [3.63, 3.8) is 0 Å². The van der Waals surface area contributed by atoms with E-state index in [0.29, 0.717) is 47.1 Å². The molecule has 2 heterocycles. The van der Waals surface area contributed by atoms with Crippen molar-refractivity contribution < 1.29 is 14.1 Å². The molecule has 2 aromatic carbocycles. The van der Waals surface area contributed by atoms with Gasteiger partial charge in [-0.25, -0.2) is 0 Å². The summed E-state index contributed by atoms with van der Waals surface area (Å²) < 4.78 is 5.47. The van der Waals surface area contributed by atoms with E-state index in [0.717, 1.165) is 12.8 Å². The zero-order valence-corrected chi connectivity index (χ0v) is 16.1. The predicted octanol–water partition coefficient (Wildman–Crippen LogP) is 2.73. The second-order valence-electron chi connectivity index (χ2n) is 7.18. The van der Waals surface area contributed by atoms with E-state index in [1.165, 1.54) is 0 Å². The quantitative estimate of drug-likeness (QED) is 0.716. The van der Waals surface area contributed by atoms with Crippen molar-refractivity contribution in [3.8, 4) is 17.5 Å². The molecule has 1 aliphatic rings. The van der Waals surface area contributed by atoms with Crippen LogP contribution in [0.1, 0.15) is 50.9 Å². The summed E-state index contributed by atoms with van der Waals surface area (Å²) >= 11 is 0. The normalized spacial score (nSPS) is 16.1. The highest BCUT2D eigenvalue weighted by Crippen LogP contribution is 2.28. The van der Waals surface area contributed by atoms with Gasteiger partial charge in [-0.05, 0) is 49.2 Å². The Kier molecular flexibility index (Phi) is 5.26. The standard InChI is InChI=1S/C22H19N5O3/c23-12-14-6-8-15(9-7-14)22(29)27-10-2-5-18(13-27)21-25-20(26-30-21)17-4-1-3-16(11-17)19(24)28/h1,3-4,6-9,11,18H,2,5,10,13H2,(H2,24,28). The second kappa shape index (κ2) is 8.17. The first kappa shape index (κ1) is 19.3. The Hall–Kier alpha value is -3.99. The Morgan fingerprint density at radius 1 is 1.17 bits per heavy atom. The minimum atomic E-state index is -0.523. The van der Waals surface area contributed by atoms with Gasteiger partial charge in [0.25, 0.3) is 5.91 Å². The zero-order chi connectivity index (χ0) is 21.1. The molecular formula is C22H19N5O3. The van der Waals surface area contributed by atoms with Gasteiger partial charge in [0, 0.05) is 29.8 Å². The second-order valence-corrected chi connectivity index (χ2v) is 7.18. The molecule has 30 heavy (non-hydrogen) atoms. The lowest BCUT2D eigenvalue weighted by molar-refractivity contribution is 0.0695. The number of rotatable bonds is 4. The lowest BCUT2D eigenvalue weighted by atomic mass is 9.97. The van der Waals surface area contributed by atoms with Crippen LogP contribution in [0.2, 0.25) is 0 Å².